The van der Waals surface area contributed by atoms with E-state index in [9.17, 15) is 0 Å². The van der Waals surface area contributed by atoms with Gasteiger partial charge in [0, 0.05) is 12.2 Å². The minimum atomic E-state index is 0.490. The summed E-state index contributed by atoms with van der Waals surface area (Å²) < 4.78 is 0. The van der Waals surface area contributed by atoms with Crippen LogP contribution in [-0.4, -0.2) is 16.5 Å². The van der Waals surface area contributed by atoms with Gasteiger partial charge in [0.25, 0.3) is 0 Å². The van der Waals surface area contributed by atoms with Crippen LogP contribution in [0.25, 0.3) is 0 Å². The number of hydrogen-bond acceptors (Lipinski definition) is 4. The average Bonchev–Trinajstić information content (AvgIpc) is 2.41. The van der Waals surface area contributed by atoms with Crippen LogP contribution >= 0.6 is 23.2 Å². The zero-order valence-electron chi connectivity index (χ0n) is 11.4. The molecule has 0 fully saturated rings. The van der Waals surface area contributed by atoms with Crippen LogP contribution in [0, 0.1) is 6.92 Å². The highest BCUT2D eigenvalue weighted by Gasteiger charge is 2.08. The molecule has 2 heterocycles. The lowest BCUT2D eigenvalue weighted by molar-refractivity contribution is 1.00. The van der Waals surface area contributed by atoms with Gasteiger partial charge in [-0.05, 0) is 32.0 Å². The van der Waals surface area contributed by atoms with Gasteiger partial charge in [-0.25, -0.2) is 4.98 Å². The molecule has 0 aliphatic carbocycles. The van der Waals surface area contributed by atoms with Gasteiger partial charge in [0.2, 0.25) is 0 Å². The highest BCUT2D eigenvalue weighted by atomic mass is 35.5. The number of nitrogens with one attached hydrogen (secondary N) is 2. The predicted molar refractivity (Wildman–Crippen MR) is 84.7 cm³/mol. The number of anilines is 2. The number of hydrogen-bond donors (Lipinski definition) is 2. The Hall–Kier alpha value is -1.52. The molecule has 0 amide bonds. The van der Waals surface area contributed by atoms with Crippen LogP contribution in [0.5, 0.6) is 0 Å². The van der Waals surface area contributed by atoms with Crippen LogP contribution in [0.1, 0.15) is 18.3 Å². The van der Waals surface area contributed by atoms with Crippen LogP contribution in [0.4, 0.5) is 11.6 Å². The third-order valence-corrected chi connectivity index (χ3v) is 3.23. The highest BCUT2D eigenvalue weighted by molar-refractivity contribution is 6.37. The lowest BCUT2D eigenvalue weighted by atomic mass is 10.3. The zero-order chi connectivity index (χ0) is 14.5. The molecule has 0 atom stereocenters. The maximum atomic E-state index is 6.14. The first-order valence-corrected chi connectivity index (χ1v) is 7.12. The summed E-state index contributed by atoms with van der Waals surface area (Å²) in [7, 11) is 0. The second-order valence-corrected chi connectivity index (χ2v) is 5.12. The van der Waals surface area contributed by atoms with Gasteiger partial charge in [0.05, 0.1) is 22.3 Å². The molecule has 2 rings (SSSR count). The van der Waals surface area contributed by atoms with Crippen LogP contribution < -0.4 is 10.6 Å². The number of aryl methyl sites for hydroxylation is 1. The molecular weight excluding hydrogens is 295 g/mol. The van der Waals surface area contributed by atoms with Crippen LogP contribution in [0.2, 0.25) is 10.0 Å². The van der Waals surface area contributed by atoms with Crippen molar-refractivity contribution in [2.45, 2.75) is 20.4 Å². The predicted octanol–water partition coefficient (Wildman–Crippen LogP) is 4.14. The molecule has 0 aliphatic rings. The van der Waals surface area contributed by atoms with Gasteiger partial charge in [0.15, 0.2) is 0 Å². The molecule has 0 radical (unpaired) electrons. The first-order chi connectivity index (χ1) is 9.60. The summed E-state index contributed by atoms with van der Waals surface area (Å²) in [5.41, 5.74) is 1.91. The Morgan fingerprint density at radius 1 is 1.05 bits per heavy atom. The molecule has 20 heavy (non-hydrogen) atoms. The van der Waals surface area contributed by atoms with Gasteiger partial charge in [0.1, 0.15) is 11.6 Å². The number of halogens is 2. The van der Waals surface area contributed by atoms with Gasteiger partial charge in [-0.15, -0.1) is 0 Å². The Labute approximate surface area is 128 Å². The van der Waals surface area contributed by atoms with Crippen molar-refractivity contribution in [2.24, 2.45) is 0 Å². The second-order valence-electron chi connectivity index (χ2n) is 4.30. The van der Waals surface area contributed by atoms with Gasteiger partial charge >= 0.3 is 0 Å². The fraction of sp³-hybridized carbons (Fsp3) is 0.286. The SMILES string of the molecule is CCNc1nc(NCc2cccc(C)n2)c(Cl)cc1Cl. The summed E-state index contributed by atoms with van der Waals surface area (Å²) in [5.74, 6) is 1.22. The molecule has 2 N–H and O–H groups in total. The van der Waals surface area contributed by atoms with E-state index in [0.717, 1.165) is 17.9 Å². The maximum Gasteiger partial charge on any atom is 0.147 e. The summed E-state index contributed by atoms with van der Waals surface area (Å²) in [6.07, 6.45) is 0. The Kier molecular flexibility index (Phi) is 5.04. The minimum absolute atomic E-state index is 0.490. The lowest BCUT2D eigenvalue weighted by Gasteiger charge is -2.11. The van der Waals surface area contributed by atoms with E-state index in [2.05, 4.69) is 20.6 Å². The summed E-state index contributed by atoms with van der Waals surface area (Å²) in [4.78, 5) is 8.80. The molecule has 4 nitrogen and oxygen atoms in total. The molecule has 0 bridgehead atoms. The van der Waals surface area contributed by atoms with Crippen molar-refractivity contribution in [3.63, 3.8) is 0 Å². The van der Waals surface area contributed by atoms with E-state index in [4.69, 9.17) is 23.2 Å². The topological polar surface area (TPSA) is 49.8 Å². The molecule has 0 saturated carbocycles. The normalized spacial score (nSPS) is 10.4. The second kappa shape index (κ2) is 6.77. The summed E-state index contributed by atoms with van der Waals surface area (Å²) >= 11 is 12.2. The molecule has 0 aliphatic heterocycles. The molecule has 0 unspecified atom stereocenters. The van der Waals surface area contributed by atoms with Crippen molar-refractivity contribution >= 4 is 34.8 Å². The third kappa shape index (κ3) is 3.74. The largest absolute Gasteiger partial charge is 0.369 e. The van der Waals surface area contributed by atoms with Crippen molar-refractivity contribution in [3.8, 4) is 0 Å². The number of pyridine rings is 2. The van der Waals surface area contributed by atoms with Gasteiger partial charge in [-0.3, -0.25) is 4.98 Å². The van der Waals surface area contributed by atoms with Gasteiger partial charge in [-0.2, -0.15) is 0 Å². The van der Waals surface area contributed by atoms with Crippen molar-refractivity contribution in [1.29, 1.82) is 0 Å². The monoisotopic (exact) mass is 310 g/mol. The molecule has 6 heteroatoms. The lowest BCUT2D eigenvalue weighted by Crippen LogP contribution is -2.07. The molecular formula is C14H16Cl2N4. The fourth-order valence-electron chi connectivity index (χ4n) is 1.75. The molecule has 106 valence electrons. The van der Waals surface area contributed by atoms with E-state index in [0.29, 0.717) is 28.2 Å². The number of rotatable bonds is 5. The van der Waals surface area contributed by atoms with E-state index < -0.39 is 0 Å². The quantitative estimate of drug-likeness (QED) is 0.871. The van der Waals surface area contributed by atoms with Gasteiger partial charge in [-0.1, -0.05) is 29.3 Å². The number of aromatic nitrogens is 2. The molecule has 2 aromatic heterocycles. The van der Waals surface area contributed by atoms with E-state index in [1.165, 1.54) is 0 Å². The summed E-state index contributed by atoms with van der Waals surface area (Å²) in [6, 6.07) is 7.57. The van der Waals surface area contributed by atoms with E-state index >= 15 is 0 Å². The minimum Gasteiger partial charge on any atom is -0.369 e. The van der Waals surface area contributed by atoms with Crippen LogP contribution in [-0.2, 0) is 6.54 Å². The zero-order valence-corrected chi connectivity index (χ0v) is 12.9. The molecule has 0 spiro atoms. The smallest absolute Gasteiger partial charge is 0.147 e. The van der Waals surface area contributed by atoms with Gasteiger partial charge < -0.3 is 10.6 Å². The van der Waals surface area contributed by atoms with E-state index in [1.807, 2.05) is 32.0 Å². The van der Waals surface area contributed by atoms with Crippen molar-refractivity contribution in [2.75, 3.05) is 17.2 Å². The Morgan fingerprint density at radius 3 is 2.40 bits per heavy atom. The van der Waals surface area contributed by atoms with Crippen molar-refractivity contribution < 1.29 is 0 Å². The highest BCUT2D eigenvalue weighted by Crippen LogP contribution is 2.29. The first-order valence-electron chi connectivity index (χ1n) is 6.36. The third-order valence-electron chi connectivity index (χ3n) is 2.66. The van der Waals surface area contributed by atoms with E-state index in [1.54, 1.807) is 6.07 Å². The summed E-state index contributed by atoms with van der Waals surface area (Å²) in [6.45, 7) is 5.24. The summed E-state index contributed by atoms with van der Waals surface area (Å²) in [5, 5.41) is 7.27. The Balaban J connectivity index is 2.14. The standard InChI is InChI=1S/C14H16Cl2N4/c1-3-17-13-11(15)7-12(16)14(20-13)18-8-10-6-4-5-9(2)19-10/h4-7H,3,8H2,1-2H3,(H2,17,18,20). The van der Waals surface area contributed by atoms with Crippen LogP contribution in [0.15, 0.2) is 24.3 Å². The average molecular weight is 311 g/mol. The Bertz CT molecular complexity index is 602. The van der Waals surface area contributed by atoms with Crippen molar-refractivity contribution in [1.82, 2.24) is 9.97 Å². The first kappa shape index (κ1) is 14.9. The molecule has 0 aromatic carbocycles. The maximum absolute atomic E-state index is 6.14. The number of nitrogens with zero attached hydrogens (tertiary/aromatic N) is 2. The van der Waals surface area contributed by atoms with E-state index in [-0.39, 0.29) is 0 Å². The Morgan fingerprint density at radius 2 is 1.75 bits per heavy atom. The molecule has 0 saturated heterocycles. The fourth-order valence-corrected chi connectivity index (χ4v) is 2.25. The van der Waals surface area contributed by atoms with Crippen LogP contribution in [0.3, 0.4) is 0 Å². The molecule has 2 aromatic rings. The van der Waals surface area contributed by atoms with Crippen molar-refractivity contribution in [3.05, 3.63) is 45.7 Å².